The Kier molecular flexibility index (Phi) is 3.56. The van der Waals surface area contributed by atoms with E-state index in [-0.39, 0.29) is 35.6 Å². The van der Waals surface area contributed by atoms with Crippen molar-refractivity contribution in [3.05, 3.63) is 27.7 Å². The van der Waals surface area contributed by atoms with Crippen molar-refractivity contribution in [3.8, 4) is 0 Å². The molecule has 0 saturated carbocycles. The molecule has 3 amide bonds. The van der Waals surface area contributed by atoms with E-state index >= 15 is 0 Å². The van der Waals surface area contributed by atoms with Crippen LogP contribution in [0.25, 0.3) is 0 Å². The molecule has 6 nitrogen and oxygen atoms in total. The number of imide groups is 1. The van der Waals surface area contributed by atoms with Gasteiger partial charge >= 0.3 is 0 Å². The number of fused-ring (bicyclic) bond motifs is 1. The lowest BCUT2D eigenvalue weighted by atomic mass is 9.85. The van der Waals surface area contributed by atoms with Crippen LogP contribution in [0, 0.1) is 25.7 Å². The lowest BCUT2D eigenvalue weighted by Gasteiger charge is -2.43. The van der Waals surface area contributed by atoms with E-state index in [0.29, 0.717) is 30.8 Å². The number of allylic oxidation sites excluding steroid dienone is 2. The Morgan fingerprint density at radius 2 is 1.71 bits per heavy atom. The van der Waals surface area contributed by atoms with Crippen LogP contribution in [0.1, 0.15) is 33.2 Å². The fourth-order valence-electron chi connectivity index (χ4n) is 3.84. The van der Waals surface area contributed by atoms with E-state index < -0.39 is 0 Å². The molecule has 0 spiro atoms. The first-order valence-electron chi connectivity index (χ1n) is 8.22. The second kappa shape index (κ2) is 5.51. The summed E-state index contributed by atoms with van der Waals surface area (Å²) in [6.07, 6.45) is 5.28. The molecular formula is C17H19N3O3S. The highest BCUT2D eigenvalue weighted by Gasteiger charge is 2.52. The molecule has 4 rings (SSSR count). The van der Waals surface area contributed by atoms with Gasteiger partial charge in [0.15, 0.2) is 0 Å². The quantitative estimate of drug-likeness (QED) is 0.602. The van der Waals surface area contributed by atoms with Crippen molar-refractivity contribution in [2.24, 2.45) is 11.8 Å². The fourth-order valence-corrected chi connectivity index (χ4v) is 4.73. The Hall–Kier alpha value is -2.02. The number of carbonyl (C=O) groups excluding carboxylic acids is 3. The monoisotopic (exact) mass is 345 g/mol. The maximum Gasteiger partial charge on any atom is 0.266 e. The van der Waals surface area contributed by atoms with E-state index in [1.54, 1.807) is 4.90 Å². The standard InChI is InChI=1S/C17H19N3O3S/c1-9-14(24-10(2)18-9)17(23)19-7-11(8-19)20-15(21)12-5-3-4-6-13(12)16(20)22/h3-4,11-13H,5-8H2,1-2H3. The molecule has 126 valence electrons. The molecule has 0 aromatic carbocycles. The van der Waals surface area contributed by atoms with E-state index in [4.69, 9.17) is 0 Å². The summed E-state index contributed by atoms with van der Waals surface area (Å²) in [5.74, 6) is -0.558. The van der Waals surface area contributed by atoms with E-state index in [2.05, 4.69) is 4.98 Å². The van der Waals surface area contributed by atoms with Gasteiger partial charge in [-0.15, -0.1) is 11.3 Å². The van der Waals surface area contributed by atoms with E-state index in [1.165, 1.54) is 16.2 Å². The van der Waals surface area contributed by atoms with Gasteiger partial charge < -0.3 is 4.90 Å². The average molecular weight is 345 g/mol. The largest absolute Gasteiger partial charge is 0.334 e. The molecule has 1 aliphatic carbocycles. The van der Waals surface area contributed by atoms with Crippen LogP contribution in [-0.4, -0.2) is 51.6 Å². The molecule has 2 saturated heterocycles. The van der Waals surface area contributed by atoms with Crippen molar-refractivity contribution in [2.75, 3.05) is 13.1 Å². The number of nitrogens with zero attached hydrogens (tertiary/aromatic N) is 3. The fraction of sp³-hybridized carbons (Fsp3) is 0.529. The normalized spacial score (nSPS) is 26.8. The van der Waals surface area contributed by atoms with Crippen LogP contribution >= 0.6 is 11.3 Å². The summed E-state index contributed by atoms with van der Waals surface area (Å²) in [7, 11) is 0. The summed E-state index contributed by atoms with van der Waals surface area (Å²) in [4.78, 5) is 45.7. The number of aryl methyl sites for hydroxylation is 2. The Morgan fingerprint density at radius 1 is 1.12 bits per heavy atom. The molecule has 2 unspecified atom stereocenters. The average Bonchev–Trinajstić information content (AvgIpc) is 2.98. The summed E-state index contributed by atoms with van der Waals surface area (Å²) >= 11 is 1.39. The third-order valence-electron chi connectivity index (χ3n) is 5.15. The van der Waals surface area contributed by atoms with Gasteiger partial charge in [0.25, 0.3) is 5.91 Å². The highest BCUT2D eigenvalue weighted by Crippen LogP contribution is 2.37. The van der Waals surface area contributed by atoms with Crippen LogP contribution in [0.4, 0.5) is 0 Å². The third-order valence-corrected chi connectivity index (χ3v) is 6.21. The summed E-state index contributed by atoms with van der Waals surface area (Å²) in [5, 5.41) is 0.870. The van der Waals surface area contributed by atoms with Gasteiger partial charge in [0, 0.05) is 13.1 Å². The van der Waals surface area contributed by atoms with Crippen LogP contribution in [0.3, 0.4) is 0 Å². The minimum Gasteiger partial charge on any atom is -0.334 e. The number of carbonyl (C=O) groups is 3. The maximum atomic E-state index is 12.5. The van der Waals surface area contributed by atoms with Gasteiger partial charge in [-0.25, -0.2) is 4.98 Å². The molecule has 1 aromatic rings. The number of thiazole rings is 1. The van der Waals surface area contributed by atoms with E-state index in [9.17, 15) is 14.4 Å². The number of hydrogen-bond donors (Lipinski definition) is 0. The first-order valence-corrected chi connectivity index (χ1v) is 9.04. The van der Waals surface area contributed by atoms with Crippen molar-refractivity contribution in [1.82, 2.24) is 14.8 Å². The third kappa shape index (κ3) is 2.22. The summed E-state index contributed by atoms with van der Waals surface area (Å²) in [6.45, 7) is 4.57. The van der Waals surface area contributed by atoms with Crippen molar-refractivity contribution in [3.63, 3.8) is 0 Å². The zero-order valence-electron chi connectivity index (χ0n) is 13.7. The van der Waals surface area contributed by atoms with Crippen molar-refractivity contribution >= 4 is 29.1 Å². The molecule has 3 heterocycles. The predicted molar refractivity (Wildman–Crippen MR) is 88.5 cm³/mol. The summed E-state index contributed by atoms with van der Waals surface area (Å²) in [5.41, 5.74) is 0.747. The first kappa shape index (κ1) is 15.5. The SMILES string of the molecule is Cc1nc(C)c(C(=O)N2CC(N3C(=O)C4CC=CCC4C3=O)C2)s1. The highest BCUT2D eigenvalue weighted by molar-refractivity contribution is 7.13. The molecule has 0 radical (unpaired) electrons. The zero-order chi connectivity index (χ0) is 17.0. The number of aromatic nitrogens is 1. The molecule has 2 atom stereocenters. The molecule has 2 fully saturated rings. The Labute approximate surface area is 144 Å². The van der Waals surface area contributed by atoms with Gasteiger partial charge in [0.1, 0.15) is 4.88 Å². The Balaban J connectivity index is 1.44. The van der Waals surface area contributed by atoms with Crippen LogP contribution < -0.4 is 0 Å². The number of hydrogen-bond acceptors (Lipinski definition) is 5. The van der Waals surface area contributed by atoms with Crippen LogP contribution in [0.15, 0.2) is 12.2 Å². The van der Waals surface area contributed by atoms with Gasteiger partial charge in [-0.05, 0) is 26.7 Å². The second-order valence-corrected chi connectivity index (χ2v) is 7.92. The van der Waals surface area contributed by atoms with Gasteiger partial charge in [-0.3, -0.25) is 19.3 Å². The van der Waals surface area contributed by atoms with Crippen LogP contribution in [-0.2, 0) is 9.59 Å². The van der Waals surface area contributed by atoms with Crippen LogP contribution in [0.5, 0.6) is 0 Å². The zero-order valence-corrected chi connectivity index (χ0v) is 14.5. The molecule has 2 aliphatic heterocycles. The maximum absolute atomic E-state index is 12.5. The first-order chi connectivity index (χ1) is 11.5. The lowest BCUT2D eigenvalue weighted by Crippen LogP contribution is -2.62. The second-order valence-electron chi connectivity index (χ2n) is 6.71. The molecular weight excluding hydrogens is 326 g/mol. The lowest BCUT2D eigenvalue weighted by molar-refractivity contribution is -0.145. The topological polar surface area (TPSA) is 70.6 Å². The molecule has 7 heteroatoms. The highest BCUT2D eigenvalue weighted by atomic mass is 32.1. The Morgan fingerprint density at radius 3 is 2.21 bits per heavy atom. The predicted octanol–water partition coefficient (Wildman–Crippen LogP) is 1.54. The van der Waals surface area contributed by atoms with E-state index in [0.717, 1.165) is 10.7 Å². The van der Waals surface area contributed by atoms with Crippen molar-refractivity contribution in [1.29, 1.82) is 0 Å². The molecule has 0 bridgehead atoms. The van der Waals surface area contributed by atoms with Gasteiger partial charge in [-0.2, -0.15) is 0 Å². The Bertz CT molecular complexity index is 737. The smallest absolute Gasteiger partial charge is 0.266 e. The van der Waals surface area contributed by atoms with Gasteiger partial charge in [0.2, 0.25) is 11.8 Å². The minimum absolute atomic E-state index is 0.0486. The molecule has 1 aromatic heterocycles. The van der Waals surface area contributed by atoms with Crippen molar-refractivity contribution in [2.45, 2.75) is 32.7 Å². The summed E-state index contributed by atoms with van der Waals surface area (Å²) < 4.78 is 0. The van der Waals surface area contributed by atoms with Crippen molar-refractivity contribution < 1.29 is 14.4 Å². The molecule has 0 N–H and O–H groups in total. The number of rotatable bonds is 2. The van der Waals surface area contributed by atoms with Crippen LogP contribution in [0.2, 0.25) is 0 Å². The van der Waals surface area contributed by atoms with E-state index in [1.807, 2.05) is 26.0 Å². The minimum atomic E-state index is -0.196. The van der Waals surface area contributed by atoms with Gasteiger partial charge in [0.05, 0.1) is 28.6 Å². The number of amides is 3. The molecule has 24 heavy (non-hydrogen) atoms. The molecule has 3 aliphatic rings. The van der Waals surface area contributed by atoms with Gasteiger partial charge in [-0.1, -0.05) is 12.2 Å². The number of likely N-dealkylation sites (tertiary alicyclic amines) is 2. The summed E-state index contributed by atoms with van der Waals surface area (Å²) in [6, 6.07) is -0.172.